The number of aliphatic hydroxyl groups excluding tert-OH is 1. The van der Waals surface area contributed by atoms with E-state index < -0.39 is 0 Å². The third kappa shape index (κ3) is 2.58. The molecule has 1 aromatic rings. The van der Waals surface area contributed by atoms with E-state index >= 15 is 0 Å². The van der Waals surface area contributed by atoms with E-state index in [0.29, 0.717) is 11.5 Å². The van der Waals surface area contributed by atoms with Gasteiger partial charge in [0, 0.05) is 44.6 Å². The molecule has 0 amide bonds. The molecular weight excluding hydrogens is 230 g/mol. The fraction of sp³-hybridized carbons (Fsp3) is 0.583. The smallest absolute Gasteiger partial charge is 0.183 e. The highest BCUT2D eigenvalue weighted by atomic mass is 16.3. The number of rotatable bonds is 3. The second-order valence-corrected chi connectivity index (χ2v) is 4.39. The average molecular weight is 247 g/mol. The molecule has 0 aliphatic carbocycles. The van der Waals surface area contributed by atoms with E-state index in [1.54, 1.807) is 6.20 Å². The second kappa shape index (κ2) is 5.76. The molecule has 6 heteroatoms. The Labute approximate surface area is 106 Å². The molecule has 0 saturated carbocycles. The van der Waals surface area contributed by atoms with Gasteiger partial charge in [-0.1, -0.05) is 0 Å². The molecule has 1 saturated heterocycles. The number of nitriles is 1. The summed E-state index contributed by atoms with van der Waals surface area (Å²) in [6, 6.07) is 2.25. The molecule has 2 rings (SSSR count). The van der Waals surface area contributed by atoms with Crippen LogP contribution >= 0.6 is 0 Å². The number of anilines is 1. The maximum atomic E-state index is 9.13. The molecule has 0 spiro atoms. The van der Waals surface area contributed by atoms with Gasteiger partial charge in [-0.05, 0) is 6.92 Å². The van der Waals surface area contributed by atoms with E-state index in [1.807, 2.05) is 6.92 Å². The van der Waals surface area contributed by atoms with Crippen molar-refractivity contribution in [1.29, 1.82) is 5.26 Å². The van der Waals surface area contributed by atoms with Gasteiger partial charge in [-0.15, -0.1) is 0 Å². The number of nitrogens with zero attached hydrogens (tertiary/aromatic N) is 5. The predicted octanol–water partition coefficient (Wildman–Crippen LogP) is -0.149. The topological polar surface area (TPSA) is 76.3 Å². The third-order valence-electron chi connectivity index (χ3n) is 3.29. The summed E-state index contributed by atoms with van der Waals surface area (Å²) in [6.07, 6.45) is 3.14. The lowest BCUT2D eigenvalue weighted by Gasteiger charge is -2.38. The predicted molar refractivity (Wildman–Crippen MR) is 67.1 cm³/mol. The van der Waals surface area contributed by atoms with Gasteiger partial charge in [-0.2, -0.15) is 5.26 Å². The van der Waals surface area contributed by atoms with Gasteiger partial charge in [0.05, 0.1) is 6.61 Å². The van der Waals surface area contributed by atoms with Crippen LogP contribution in [0.1, 0.15) is 12.6 Å². The van der Waals surface area contributed by atoms with E-state index in [4.69, 9.17) is 10.4 Å². The van der Waals surface area contributed by atoms with Crippen molar-refractivity contribution in [1.82, 2.24) is 14.9 Å². The van der Waals surface area contributed by atoms with Crippen molar-refractivity contribution in [3.05, 3.63) is 18.1 Å². The molecule has 2 heterocycles. The van der Waals surface area contributed by atoms with E-state index in [1.165, 1.54) is 6.20 Å². The first-order valence-electron chi connectivity index (χ1n) is 6.07. The summed E-state index contributed by atoms with van der Waals surface area (Å²) in [7, 11) is 0. The Bertz CT molecular complexity index is 436. The maximum Gasteiger partial charge on any atom is 0.183 e. The minimum absolute atomic E-state index is 0.175. The highest BCUT2D eigenvalue weighted by Crippen LogP contribution is 2.16. The lowest BCUT2D eigenvalue weighted by Crippen LogP contribution is -2.51. The normalized spacial score (nSPS) is 18.4. The summed E-state index contributed by atoms with van der Waals surface area (Å²) in [6.45, 7) is 5.52. The highest BCUT2D eigenvalue weighted by molar-refractivity contribution is 5.49. The van der Waals surface area contributed by atoms with Crippen LogP contribution in [0.5, 0.6) is 0 Å². The standard InChI is InChI=1S/C12H17N5O/c1-10(9-18)16-4-6-17(7-5-16)12-11(8-13)14-2-3-15-12/h2-3,10,18H,4-7,9H2,1H3. The van der Waals surface area contributed by atoms with E-state index in [-0.39, 0.29) is 12.6 Å². The first-order valence-corrected chi connectivity index (χ1v) is 6.07. The van der Waals surface area contributed by atoms with E-state index in [2.05, 4.69) is 25.8 Å². The third-order valence-corrected chi connectivity index (χ3v) is 3.29. The van der Waals surface area contributed by atoms with Crippen molar-refractivity contribution in [3.63, 3.8) is 0 Å². The van der Waals surface area contributed by atoms with Crippen molar-refractivity contribution in [3.8, 4) is 6.07 Å². The summed E-state index contributed by atoms with van der Waals surface area (Å²) < 4.78 is 0. The molecule has 1 aromatic heterocycles. The van der Waals surface area contributed by atoms with Gasteiger partial charge >= 0.3 is 0 Å². The van der Waals surface area contributed by atoms with Gasteiger partial charge in [-0.3, -0.25) is 4.90 Å². The van der Waals surface area contributed by atoms with E-state index in [0.717, 1.165) is 26.2 Å². The van der Waals surface area contributed by atoms with Crippen LogP contribution < -0.4 is 4.90 Å². The van der Waals surface area contributed by atoms with Crippen molar-refractivity contribution in [2.45, 2.75) is 13.0 Å². The Hall–Kier alpha value is -1.71. The quantitative estimate of drug-likeness (QED) is 0.800. The number of aromatic nitrogens is 2. The molecule has 18 heavy (non-hydrogen) atoms. The zero-order valence-corrected chi connectivity index (χ0v) is 10.5. The Morgan fingerprint density at radius 2 is 2.00 bits per heavy atom. The molecule has 96 valence electrons. The first kappa shape index (κ1) is 12.7. The first-order chi connectivity index (χ1) is 8.76. The van der Waals surface area contributed by atoms with Crippen LogP contribution in [0.25, 0.3) is 0 Å². The Balaban J connectivity index is 2.04. The minimum atomic E-state index is 0.175. The van der Waals surface area contributed by atoms with Crippen LogP contribution in [-0.2, 0) is 0 Å². The van der Waals surface area contributed by atoms with Gasteiger partial charge < -0.3 is 10.0 Å². The molecule has 0 bridgehead atoms. The second-order valence-electron chi connectivity index (χ2n) is 4.39. The summed E-state index contributed by atoms with van der Waals surface area (Å²) in [5.74, 6) is 0.663. The van der Waals surface area contributed by atoms with Gasteiger partial charge in [0.25, 0.3) is 0 Å². The zero-order chi connectivity index (χ0) is 13.0. The van der Waals surface area contributed by atoms with Crippen LogP contribution in [0.3, 0.4) is 0 Å². The monoisotopic (exact) mass is 247 g/mol. The minimum Gasteiger partial charge on any atom is -0.395 e. The van der Waals surface area contributed by atoms with Crippen LogP contribution in [0.15, 0.2) is 12.4 Å². The molecule has 1 fully saturated rings. The molecular formula is C12H17N5O. The summed E-state index contributed by atoms with van der Waals surface area (Å²) in [5, 5.41) is 18.1. The van der Waals surface area contributed by atoms with Crippen LogP contribution in [0, 0.1) is 11.3 Å². The molecule has 0 aromatic carbocycles. The largest absolute Gasteiger partial charge is 0.395 e. The van der Waals surface area contributed by atoms with Gasteiger partial charge in [0.15, 0.2) is 11.5 Å². The highest BCUT2D eigenvalue weighted by Gasteiger charge is 2.23. The van der Waals surface area contributed by atoms with Crippen LogP contribution in [0.4, 0.5) is 5.82 Å². The lowest BCUT2D eigenvalue weighted by atomic mass is 10.2. The summed E-state index contributed by atoms with van der Waals surface area (Å²) >= 11 is 0. The van der Waals surface area contributed by atoms with Gasteiger partial charge in [0.2, 0.25) is 0 Å². The fourth-order valence-corrected chi connectivity index (χ4v) is 2.13. The molecule has 1 aliphatic rings. The fourth-order valence-electron chi connectivity index (χ4n) is 2.13. The molecule has 1 atom stereocenters. The van der Waals surface area contributed by atoms with Gasteiger partial charge in [0.1, 0.15) is 6.07 Å². The van der Waals surface area contributed by atoms with Crippen molar-refractivity contribution in [2.24, 2.45) is 0 Å². The Kier molecular flexibility index (Phi) is 4.07. The Morgan fingerprint density at radius 1 is 1.33 bits per heavy atom. The lowest BCUT2D eigenvalue weighted by molar-refractivity contribution is 0.128. The number of hydrogen-bond donors (Lipinski definition) is 1. The van der Waals surface area contributed by atoms with Crippen molar-refractivity contribution < 1.29 is 5.11 Å². The van der Waals surface area contributed by atoms with Crippen LogP contribution in [0.2, 0.25) is 0 Å². The zero-order valence-electron chi connectivity index (χ0n) is 10.5. The summed E-state index contributed by atoms with van der Waals surface area (Å²) in [4.78, 5) is 12.6. The molecule has 1 unspecified atom stereocenters. The average Bonchev–Trinajstić information content (AvgIpc) is 2.46. The van der Waals surface area contributed by atoms with Crippen molar-refractivity contribution >= 4 is 5.82 Å². The molecule has 0 radical (unpaired) electrons. The molecule has 6 nitrogen and oxygen atoms in total. The van der Waals surface area contributed by atoms with Crippen molar-refractivity contribution in [2.75, 3.05) is 37.7 Å². The van der Waals surface area contributed by atoms with Crippen LogP contribution in [-0.4, -0.2) is 58.8 Å². The molecule has 1 N–H and O–H groups in total. The summed E-state index contributed by atoms with van der Waals surface area (Å²) in [5.41, 5.74) is 0.376. The maximum absolute atomic E-state index is 9.13. The number of aliphatic hydroxyl groups is 1. The van der Waals surface area contributed by atoms with Gasteiger partial charge in [-0.25, -0.2) is 9.97 Å². The number of piperazine rings is 1. The Morgan fingerprint density at radius 3 is 2.61 bits per heavy atom. The van der Waals surface area contributed by atoms with E-state index in [9.17, 15) is 0 Å². The number of hydrogen-bond acceptors (Lipinski definition) is 6. The SMILES string of the molecule is CC(CO)N1CCN(c2nccnc2C#N)CC1. The molecule has 1 aliphatic heterocycles.